The molecule has 0 radical (unpaired) electrons. The summed E-state index contributed by atoms with van der Waals surface area (Å²) in [7, 11) is 1.69. The van der Waals surface area contributed by atoms with Gasteiger partial charge in [0.2, 0.25) is 0 Å². The molecule has 27 heavy (non-hydrogen) atoms. The summed E-state index contributed by atoms with van der Waals surface area (Å²) in [5, 5.41) is 1.19. The van der Waals surface area contributed by atoms with E-state index in [1.807, 2.05) is 26.0 Å². The van der Waals surface area contributed by atoms with Gasteiger partial charge in [0.05, 0.1) is 10.1 Å². The van der Waals surface area contributed by atoms with Crippen LogP contribution in [0.4, 0.5) is 4.79 Å². The second-order valence-electron chi connectivity index (χ2n) is 6.24. The Morgan fingerprint density at radius 3 is 2.93 bits per heavy atom. The van der Waals surface area contributed by atoms with E-state index in [1.54, 1.807) is 31.4 Å². The first-order valence-electron chi connectivity index (χ1n) is 8.36. The average Bonchev–Trinajstić information content (AvgIpc) is 3.24. The Balaban J connectivity index is 1.55. The number of fused-ring (bicyclic) bond motifs is 2. The Morgan fingerprint density at radius 2 is 2.15 bits per heavy atom. The molecule has 0 fully saturated rings. The van der Waals surface area contributed by atoms with Crippen LogP contribution in [0.1, 0.15) is 13.8 Å². The molecule has 0 atom stereocenters. The maximum Gasteiger partial charge on any atom is 0.415 e. The van der Waals surface area contributed by atoms with Crippen molar-refractivity contribution in [2.45, 2.75) is 19.9 Å². The molecule has 0 saturated carbocycles. The first-order valence-corrected chi connectivity index (χ1v) is 9.18. The van der Waals surface area contributed by atoms with Gasteiger partial charge in [0.15, 0.2) is 11.4 Å². The van der Waals surface area contributed by atoms with E-state index in [1.165, 1.54) is 22.5 Å². The van der Waals surface area contributed by atoms with Gasteiger partial charge in [-0.1, -0.05) is 11.3 Å². The molecule has 1 amide bonds. The van der Waals surface area contributed by atoms with Crippen molar-refractivity contribution >= 4 is 38.7 Å². The highest BCUT2D eigenvalue weighted by Gasteiger charge is 2.18. The van der Waals surface area contributed by atoms with Crippen LogP contribution in [0.25, 0.3) is 21.3 Å². The van der Waals surface area contributed by atoms with E-state index in [-0.39, 0.29) is 6.04 Å². The van der Waals surface area contributed by atoms with Crippen LogP contribution < -0.4 is 9.47 Å². The molecule has 4 rings (SSSR count). The van der Waals surface area contributed by atoms with E-state index in [9.17, 15) is 4.79 Å². The van der Waals surface area contributed by atoms with E-state index in [4.69, 9.17) is 13.9 Å². The maximum absolute atomic E-state index is 12.1. The predicted molar refractivity (Wildman–Crippen MR) is 103 cm³/mol. The number of pyridine rings is 1. The molecule has 0 spiro atoms. The van der Waals surface area contributed by atoms with Gasteiger partial charge in [0, 0.05) is 25.4 Å². The van der Waals surface area contributed by atoms with E-state index in [2.05, 4.69) is 9.97 Å². The van der Waals surface area contributed by atoms with Crippen LogP contribution in [0.3, 0.4) is 0 Å². The third-order valence-corrected chi connectivity index (χ3v) is 5.01. The molecule has 0 aliphatic carbocycles. The van der Waals surface area contributed by atoms with Crippen molar-refractivity contribution in [3.8, 4) is 16.7 Å². The van der Waals surface area contributed by atoms with Crippen molar-refractivity contribution in [1.29, 1.82) is 0 Å². The topological polar surface area (TPSA) is 77.7 Å². The lowest BCUT2D eigenvalue weighted by atomic mass is 10.2. The van der Waals surface area contributed by atoms with Gasteiger partial charge in [-0.3, -0.25) is 0 Å². The molecule has 3 aromatic heterocycles. The molecular weight excluding hydrogens is 366 g/mol. The number of benzene rings is 1. The minimum atomic E-state index is -0.435. The second kappa shape index (κ2) is 6.88. The third-order valence-electron chi connectivity index (χ3n) is 4.12. The standard InChI is InChI=1S/C19H17N3O4S/c1-11(2)22(3)19(23)26-15-10-24-14-9-12(6-7-13(14)15)25-18-21-17-16(27-18)5-4-8-20-17/h4-11H,1-3H3. The van der Waals surface area contributed by atoms with Crippen LogP contribution in [0.15, 0.2) is 47.2 Å². The van der Waals surface area contributed by atoms with Crippen molar-refractivity contribution in [2.24, 2.45) is 0 Å². The normalized spacial score (nSPS) is 11.3. The lowest BCUT2D eigenvalue weighted by molar-refractivity contribution is 0.152. The van der Waals surface area contributed by atoms with E-state index < -0.39 is 6.09 Å². The van der Waals surface area contributed by atoms with Crippen molar-refractivity contribution < 1.29 is 18.7 Å². The third kappa shape index (κ3) is 3.43. The molecule has 0 bridgehead atoms. The largest absolute Gasteiger partial charge is 0.460 e. The molecule has 0 N–H and O–H groups in total. The number of nitrogens with zero attached hydrogens (tertiary/aromatic N) is 3. The summed E-state index contributed by atoms with van der Waals surface area (Å²) in [5.74, 6) is 0.950. The summed E-state index contributed by atoms with van der Waals surface area (Å²) in [6.45, 7) is 3.83. The molecule has 0 aliphatic rings. The fraction of sp³-hybridized carbons (Fsp3) is 0.211. The molecule has 0 aliphatic heterocycles. The van der Waals surface area contributed by atoms with Gasteiger partial charge in [-0.05, 0) is 38.1 Å². The first-order chi connectivity index (χ1) is 13.0. The zero-order valence-corrected chi connectivity index (χ0v) is 15.8. The van der Waals surface area contributed by atoms with Crippen LogP contribution in [0, 0.1) is 0 Å². The number of hydrogen-bond acceptors (Lipinski definition) is 7. The average molecular weight is 383 g/mol. The van der Waals surface area contributed by atoms with E-state index in [0.717, 1.165) is 4.70 Å². The fourth-order valence-corrected chi connectivity index (χ4v) is 3.19. The van der Waals surface area contributed by atoms with Crippen LogP contribution in [-0.4, -0.2) is 34.1 Å². The molecular formula is C19H17N3O4S. The smallest absolute Gasteiger partial charge is 0.415 e. The zero-order chi connectivity index (χ0) is 19.0. The lowest BCUT2D eigenvalue weighted by Crippen LogP contribution is -2.35. The van der Waals surface area contributed by atoms with Gasteiger partial charge in [-0.25, -0.2) is 9.78 Å². The Labute approximate surface area is 159 Å². The van der Waals surface area contributed by atoms with Crippen LogP contribution in [0.5, 0.6) is 16.7 Å². The van der Waals surface area contributed by atoms with E-state index in [0.29, 0.717) is 33.3 Å². The quantitative estimate of drug-likeness (QED) is 0.490. The number of aromatic nitrogens is 2. The van der Waals surface area contributed by atoms with Crippen molar-refractivity contribution in [2.75, 3.05) is 7.05 Å². The highest BCUT2D eigenvalue weighted by molar-refractivity contribution is 7.20. The molecule has 4 aromatic rings. The zero-order valence-electron chi connectivity index (χ0n) is 15.0. The maximum atomic E-state index is 12.1. The number of rotatable bonds is 4. The second-order valence-corrected chi connectivity index (χ2v) is 7.23. The highest BCUT2D eigenvalue weighted by Crippen LogP contribution is 2.35. The number of amides is 1. The SMILES string of the molecule is CC(C)N(C)C(=O)Oc1coc2cc(Oc3nc4ncccc4s3)ccc12. The minimum Gasteiger partial charge on any atom is -0.460 e. The van der Waals surface area contributed by atoms with Crippen LogP contribution in [0.2, 0.25) is 0 Å². The minimum absolute atomic E-state index is 0.0407. The Bertz CT molecular complexity index is 1090. The summed E-state index contributed by atoms with van der Waals surface area (Å²) in [6.07, 6.45) is 2.68. The van der Waals surface area contributed by atoms with E-state index >= 15 is 0 Å². The molecule has 0 unspecified atom stereocenters. The Morgan fingerprint density at radius 1 is 1.30 bits per heavy atom. The van der Waals surface area contributed by atoms with Gasteiger partial charge in [0.25, 0.3) is 5.19 Å². The molecule has 138 valence electrons. The molecule has 1 aromatic carbocycles. The number of thiazole rings is 1. The number of carbonyl (C=O) groups excluding carboxylic acids is 1. The first kappa shape index (κ1) is 17.3. The van der Waals surface area contributed by atoms with Gasteiger partial charge >= 0.3 is 6.09 Å². The van der Waals surface area contributed by atoms with Gasteiger partial charge in [-0.2, -0.15) is 4.98 Å². The van der Waals surface area contributed by atoms with Crippen LogP contribution >= 0.6 is 11.3 Å². The van der Waals surface area contributed by atoms with Gasteiger partial charge < -0.3 is 18.8 Å². The fourth-order valence-electron chi connectivity index (χ4n) is 2.40. The predicted octanol–water partition coefficient (Wildman–Crippen LogP) is 5.07. The lowest BCUT2D eigenvalue weighted by Gasteiger charge is -2.19. The Hall–Kier alpha value is -3.13. The Kier molecular flexibility index (Phi) is 4.41. The van der Waals surface area contributed by atoms with Gasteiger partial charge in [0.1, 0.15) is 17.6 Å². The number of hydrogen-bond donors (Lipinski definition) is 0. The summed E-state index contributed by atoms with van der Waals surface area (Å²) in [4.78, 5) is 22.2. The summed E-state index contributed by atoms with van der Waals surface area (Å²) in [6, 6.07) is 9.14. The highest BCUT2D eigenvalue weighted by atomic mass is 32.1. The molecule has 8 heteroatoms. The van der Waals surface area contributed by atoms with Crippen molar-refractivity contribution in [3.05, 3.63) is 42.8 Å². The van der Waals surface area contributed by atoms with Gasteiger partial charge in [-0.15, -0.1) is 0 Å². The number of ether oxygens (including phenoxy) is 2. The van der Waals surface area contributed by atoms with Crippen LogP contribution in [-0.2, 0) is 0 Å². The number of furan rings is 1. The summed E-state index contributed by atoms with van der Waals surface area (Å²) < 4.78 is 17.7. The molecule has 7 nitrogen and oxygen atoms in total. The molecule has 0 saturated heterocycles. The molecule has 3 heterocycles. The number of carbonyl (C=O) groups is 1. The monoisotopic (exact) mass is 383 g/mol. The van der Waals surface area contributed by atoms with Crippen molar-refractivity contribution in [1.82, 2.24) is 14.9 Å². The summed E-state index contributed by atoms with van der Waals surface area (Å²) >= 11 is 1.42. The summed E-state index contributed by atoms with van der Waals surface area (Å²) in [5.41, 5.74) is 1.21. The van der Waals surface area contributed by atoms with Crippen molar-refractivity contribution in [3.63, 3.8) is 0 Å².